The normalized spacial score (nSPS) is 11.4. The van der Waals surface area contributed by atoms with Crippen molar-refractivity contribution in [3.8, 4) is 0 Å². The lowest BCUT2D eigenvalue weighted by Crippen LogP contribution is -2.12. The van der Waals surface area contributed by atoms with Crippen molar-refractivity contribution >= 4 is 31.6 Å². The summed E-state index contributed by atoms with van der Waals surface area (Å²) in [6, 6.07) is 4.84. The number of aromatic nitrogens is 2. The van der Waals surface area contributed by atoms with Gasteiger partial charge in [-0.05, 0) is 34.1 Å². The molecule has 17 heavy (non-hydrogen) atoms. The van der Waals surface area contributed by atoms with Gasteiger partial charge >= 0.3 is 0 Å². The molecular formula is C10H10BrN3O2S. The first-order chi connectivity index (χ1) is 7.97. The molecule has 0 aromatic carbocycles. The van der Waals surface area contributed by atoms with E-state index in [9.17, 15) is 8.42 Å². The van der Waals surface area contributed by atoms with Crippen LogP contribution in [0.2, 0.25) is 0 Å². The molecule has 0 saturated heterocycles. The Hall–Kier alpha value is -1.34. The van der Waals surface area contributed by atoms with Crippen molar-refractivity contribution in [2.75, 3.05) is 4.72 Å². The topological polar surface area (TPSA) is 64.0 Å². The Morgan fingerprint density at radius 1 is 1.35 bits per heavy atom. The van der Waals surface area contributed by atoms with Crippen LogP contribution in [0.3, 0.4) is 0 Å². The second-order valence-electron chi connectivity index (χ2n) is 3.49. The predicted octanol–water partition coefficient (Wildman–Crippen LogP) is 1.98. The number of rotatable bonds is 3. The Balaban J connectivity index is 2.26. The molecule has 2 heterocycles. The maximum absolute atomic E-state index is 11.9. The first-order valence-corrected chi connectivity index (χ1v) is 7.01. The van der Waals surface area contributed by atoms with E-state index in [1.807, 2.05) is 0 Å². The van der Waals surface area contributed by atoms with Gasteiger partial charge in [0.15, 0.2) is 0 Å². The molecule has 0 aliphatic carbocycles. The maximum atomic E-state index is 11.9. The van der Waals surface area contributed by atoms with Crippen LogP contribution in [0, 0.1) is 0 Å². The summed E-state index contributed by atoms with van der Waals surface area (Å²) >= 11 is 3.18. The third-order valence-corrected chi connectivity index (χ3v) is 3.93. The summed E-state index contributed by atoms with van der Waals surface area (Å²) in [5.41, 5.74) is 0.428. The second-order valence-corrected chi connectivity index (χ2v) is 5.98. The number of aryl methyl sites for hydroxylation is 1. The number of sulfonamides is 1. The number of nitrogens with one attached hydrogen (secondary N) is 1. The Labute approximate surface area is 108 Å². The second kappa shape index (κ2) is 4.50. The zero-order chi connectivity index (χ0) is 12.5. The van der Waals surface area contributed by atoms with Crippen LogP contribution in [-0.2, 0) is 17.1 Å². The van der Waals surface area contributed by atoms with Crippen molar-refractivity contribution in [1.29, 1.82) is 0 Å². The molecule has 0 bridgehead atoms. The highest BCUT2D eigenvalue weighted by molar-refractivity contribution is 9.10. The molecule has 0 aliphatic heterocycles. The van der Waals surface area contributed by atoms with Gasteiger partial charge in [-0.3, -0.25) is 4.72 Å². The monoisotopic (exact) mass is 315 g/mol. The Morgan fingerprint density at radius 3 is 2.65 bits per heavy atom. The van der Waals surface area contributed by atoms with Crippen molar-refractivity contribution in [2.24, 2.45) is 7.05 Å². The summed E-state index contributed by atoms with van der Waals surface area (Å²) in [6.45, 7) is 0. The lowest BCUT2D eigenvalue weighted by Gasteiger charge is -2.05. The average molecular weight is 316 g/mol. The first-order valence-electron chi connectivity index (χ1n) is 4.74. The zero-order valence-electron chi connectivity index (χ0n) is 8.96. The fraction of sp³-hybridized carbons (Fsp3) is 0.100. The maximum Gasteiger partial charge on any atom is 0.263 e. The van der Waals surface area contributed by atoms with Gasteiger partial charge in [-0.2, -0.15) is 0 Å². The third-order valence-electron chi connectivity index (χ3n) is 2.09. The number of halogens is 1. The molecule has 7 heteroatoms. The van der Waals surface area contributed by atoms with Crippen LogP contribution in [0.1, 0.15) is 0 Å². The van der Waals surface area contributed by atoms with Crippen LogP contribution in [0.25, 0.3) is 0 Å². The molecule has 0 saturated carbocycles. The summed E-state index contributed by atoms with van der Waals surface area (Å²) in [5, 5.41) is 0. The summed E-state index contributed by atoms with van der Waals surface area (Å²) in [5.74, 6) is 0. The van der Waals surface area contributed by atoms with E-state index in [4.69, 9.17) is 0 Å². The first kappa shape index (κ1) is 12.1. The Bertz CT molecular complexity index is 619. The fourth-order valence-electron chi connectivity index (χ4n) is 1.29. The summed E-state index contributed by atoms with van der Waals surface area (Å²) in [7, 11) is -1.77. The van der Waals surface area contributed by atoms with Gasteiger partial charge in [0.25, 0.3) is 10.0 Å². The van der Waals surface area contributed by atoms with E-state index in [-0.39, 0.29) is 4.90 Å². The van der Waals surface area contributed by atoms with Gasteiger partial charge in [-0.15, -0.1) is 0 Å². The molecule has 2 rings (SSSR count). The van der Waals surface area contributed by atoms with Crippen LogP contribution in [0.4, 0.5) is 5.69 Å². The predicted molar refractivity (Wildman–Crippen MR) is 68.2 cm³/mol. The van der Waals surface area contributed by atoms with Crippen LogP contribution in [0.5, 0.6) is 0 Å². The third kappa shape index (κ3) is 2.86. The number of hydrogen-bond acceptors (Lipinski definition) is 3. The van der Waals surface area contributed by atoms with Crippen molar-refractivity contribution in [2.45, 2.75) is 4.90 Å². The smallest absolute Gasteiger partial charge is 0.263 e. The summed E-state index contributed by atoms with van der Waals surface area (Å²) in [6.07, 6.45) is 4.66. The summed E-state index contributed by atoms with van der Waals surface area (Å²) in [4.78, 5) is 4.17. The number of nitrogens with zero attached hydrogens (tertiary/aromatic N) is 2. The molecule has 90 valence electrons. The van der Waals surface area contributed by atoms with E-state index in [1.165, 1.54) is 18.5 Å². The van der Waals surface area contributed by atoms with Gasteiger partial charge in [0, 0.05) is 19.4 Å². The molecule has 0 fully saturated rings. The van der Waals surface area contributed by atoms with E-state index < -0.39 is 10.0 Å². The van der Waals surface area contributed by atoms with Gasteiger partial charge in [0.05, 0.1) is 11.9 Å². The number of hydrogen-bond donors (Lipinski definition) is 1. The van der Waals surface area contributed by atoms with Crippen LogP contribution in [0.15, 0.2) is 46.3 Å². The van der Waals surface area contributed by atoms with Crippen molar-refractivity contribution in [3.63, 3.8) is 0 Å². The van der Waals surface area contributed by atoms with Gasteiger partial charge in [-0.25, -0.2) is 13.4 Å². The van der Waals surface area contributed by atoms with Gasteiger partial charge in [0.1, 0.15) is 9.50 Å². The number of anilines is 1. The highest BCUT2D eigenvalue weighted by atomic mass is 79.9. The van der Waals surface area contributed by atoms with E-state index in [2.05, 4.69) is 25.6 Å². The number of pyridine rings is 1. The molecule has 5 nitrogen and oxygen atoms in total. The molecule has 1 N–H and O–H groups in total. The molecular weight excluding hydrogens is 306 g/mol. The van der Waals surface area contributed by atoms with E-state index in [1.54, 1.807) is 29.9 Å². The molecule has 0 amide bonds. The van der Waals surface area contributed by atoms with Crippen LogP contribution in [-0.4, -0.2) is 18.0 Å². The van der Waals surface area contributed by atoms with E-state index >= 15 is 0 Å². The van der Waals surface area contributed by atoms with Crippen LogP contribution >= 0.6 is 15.9 Å². The zero-order valence-corrected chi connectivity index (χ0v) is 11.4. The lowest BCUT2D eigenvalue weighted by atomic mass is 10.4. The minimum atomic E-state index is -3.53. The minimum Gasteiger partial charge on any atom is -0.356 e. The van der Waals surface area contributed by atoms with Crippen molar-refractivity contribution < 1.29 is 8.42 Å². The fourth-order valence-corrected chi connectivity index (χ4v) is 2.62. The molecule has 2 aromatic heterocycles. The van der Waals surface area contributed by atoms with Gasteiger partial charge in [-0.1, -0.05) is 0 Å². The van der Waals surface area contributed by atoms with Crippen molar-refractivity contribution in [3.05, 3.63) is 41.4 Å². The molecule has 0 radical (unpaired) electrons. The highest BCUT2D eigenvalue weighted by Gasteiger charge is 2.15. The molecule has 0 spiro atoms. The standard InChI is InChI=1S/C10H10BrN3O2S/c1-14-5-4-9(7-14)17(15,16)13-8-2-3-10(11)12-6-8/h2-7,13H,1H3. The molecule has 0 unspecified atom stereocenters. The minimum absolute atomic E-state index is 0.225. The molecule has 0 aliphatic rings. The Morgan fingerprint density at radius 2 is 2.12 bits per heavy atom. The quantitative estimate of drug-likeness (QED) is 0.881. The lowest BCUT2D eigenvalue weighted by molar-refractivity contribution is 0.601. The van der Waals surface area contributed by atoms with Crippen LogP contribution < -0.4 is 4.72 Å². The van der Waals surface area contributed by atoms with E-state index in [0.29, 0.717) is 10.3 Å². The Kier molecular flexibility index (Phi) is 3.21. The van der Waals surface area contributed by atoms with Gasteiger partial charge in [0.2, 0.25) is 0 Å². The van der Waals surface area contributed by atoms with E-state index in [0.717, 1.165) is 0 Å². The SMILES string of the molecule is Cn1ccc(S(=O)(=O)Nc2ccc(Br)nc2)c1. The van der Waals surface area contributed by atoms with Gasteiger partial charge < -0.3 is 4.57 Å². The highest BCUT2D eigenvalue weighted by Crippen LogP contribution is 2.16. The summed E-state index contributed by atoms with van der Waals surface area (Å²) < 4.78 is 28.7. The average Bonchev–Trinajstić information content (AvgIpc) is 2.69. The van der Waals surface area contributed by atoms with Crippen molar-refractivity contribution in [1.82, 2.24) is 9.55 Å². The largest absolute Gasteiger partial charge is 0.356 e. The molecule has 2 aromatic rings. The molecule has 0 atom stereocenters.